The van der Waals surface area contributed by atoms with Crippen molar-refractivity contribution in [3.8, 4) is 0 Å². The average molecular weight is 288 g/mol. The molecule has 0 amide bonds. The van der Waals surface area contributed by atoms with Crippen LogP contribution in [0.4, 0.5) is 0 Å². The lowest BCUT2D eigenvalue weighted by Gasteiger charge is -2.42. The van der Waals surface area contributed by atoms with E-state index >= 15 is 0 Å². The zero-order valence-electron chi connectivity index (χ0n) is 11.2. The molecule has 0 aliphatic heterocycles. The smallest absolute Gasteiger partial charge is 0.0881 e. The van der Waals surface area contributed by atoms with Gasteiger partial charge in [0, 0.05) is 12.0 Å². The minimum Gasteiger partial charge on any atom is -0.376 e. The summed E-state index contributed by atoms with van der Waals surface area (Å²) in [6.45, 7) is 3.07. The molecular formula is C14H22ClNOS. The van der Waals surface area contributed by atoms with Crippen LogP contribution in [-0.2, 0) is 4.74 Å². The molecule has 1 aromatic rings. The van der Waals surface area contributed by atoms with Crippen LogP contribution in [0, 0.1) is 0 Å². The van der Waals surface area contributed by atoms with Crippen LogP contribution in [-0.4, -0.2) is 19.3 Å². The Bertz CT molecular complexity index is 374. The second-order valence-electron chi connectivity index (χ2n) is 4.95. The largest absolute Gasteiger partial charge is 0.376 e. The molecule has 1 atom stereocenters. The quantitative estimate of drug-likeness (QED) is 0.866. The predicted molar refractivity (Wildman–Crippen MR) is 78.6 cm³/mol. The third kappa shape index (κ3) is 2.74. The summed E-state index contributed by atoms with van der Waals surface area (Å²) in [5.41, 5.74) is -0.0806. The van der Waals surface area contributed by atoms with E-state index in [1.54, 1.807) is 11.3 Å². The fourth-order valence-corrected chi connectivity index (χ4v) is 4.34. The first kappa shape index (κ1) is 14.3. The Balaban J connectivity index is 2.30. The highest BCUT2D eigenvalue weighted by Crippen LogP contribution is 2.44. The van der Waals surface area contributed by atoms with Gasteiger partial charge in [0.05, 0.1) is 16.7 Å². The Kier molecular flexibility index (Phi) is 5.07. The van der Waals surface area contributed by atoms with Gasteiger partial charge in [0.15, 0.2) is 0 Å². The number of halogens is 1. The van der Waals surface area contributed by atoms with Crippen molar-refractivity contribution in [2.24, 2.45) is 0 Å². The summed E-state index contributed by atoms with van der Waals surface area (Å²) in [7, 11) is 1.84. The van der Waals surface area contributed by atoms with Gasteiger partial charge in [-0.2, -0.15) is 0 Å². The molecule has 2 rings (SSSR count). The van der Waals surface area contributed by atoms with Gasteiger partial charge in [-0.15, -0.1) is 11.3 Å². The molecule has 1 aromatic heterocycles. The maximum absolute atomic E-state index is 6.32. The van der Waals surface area contributed by atoms with Crippen molar-refractivity contribution in [2.75, 3.05) is 13.7 Å². The van der Waals surface area contributed by atoms with Gasteiger partial charge in [0.25, 0.3) is 0 Å². The van der Waals surface area contributed by atoms with E-state index in [-0.39, 0.29) is 11.6 Å². The Morgan fingerprint density at radius 2 is 2.17 bits per heavy atom. The van der Waals surface area contributed by atoms with E-state index < -0.39 is 0 Å². The number of hydrogen-bond acceptors (Lipinski definition) is 3. The summed E-state index contributed by atoms with van der Waals surface area (Å²) in [5.74, 6) is 0. The molecule has 4 heteroatoms. The third-order valence-corrected chi connectivity index (χ3v) is 5.37. The summed E-state index contributed by atoms with van der Waals surface area (Å²) in [5, 5.41) is 6.52. The highest BCUT2D eigenvalue weighted by Gasteiger charge is 2.41. The number of hydrogen-bond donors (Lipinski definition) is 1. The highest BCUT2D eigenvalue weighted by atomic mass is 35.5. The first-order valence-electron chi connectivity index (χ1n) is 6.75. The molecule has 0 aromatic carbocycles. The minimum atomic E-state index is -0.0806. The van der Waals surface area contributed by atoms with Crippen molar-refractivity contribution in [1.82, 2.24) is 5.32 Å². The van der Waals surface area contributed by atoms with E-state index in [0.717, 1.165) is 24.4 Å². The van der Waals surface area contributed by atoms with E-state index in [1.807, 2.05) is 13.2 Å². The number of likely N-dealkylation sites (N-methyl/N-ethyl adjacent to an activating group) is 1. The molecule has 0 saturated heterocycles. The first-order valence-corrected chi connectivity index (χ1v) is 8.00. The van der Waals surface area contributed by atoms with Gasteiger partial charge in [-0.05, 0) is 30.8 Å². The van der Waals surface area contributed by atoms with Crippen molar-refractivity contribution in [1.29, 1.82) is 0 Å². The lowest BCUT2D eigenvalue weighted by molar-refractivity contribution is -0.0675. The van der Waals surface area contributed by atoms with E-state index in [9.17, 15) is 0 Å². The van der Waals surface area contributed by atoms with Crippen molar-refractivity contribution in [3.05, 3.63) is 21.3 Å². The molecule has 2 nitrogen and oxygen atoms in total. The molecule has 0 radical (unpaired) electrons. The molecule has 1 heterocycles. The summed E-state index contributed by atoms with van der Waals surface area (Å²) in [6, 6.07) is 2.21. The van der Waals surface area contributed by atoms with Crippen LogP contribution in [0.5, 0.6) is 0 Å². The van der Waals surface area contributed by atoms with Crippen LogP contribution < -0.4 is 5.32 Å². The summed E-state index contributed by atoms with van der Waals surface area (Å²) in [4.78, 5) is 1.22. The van der Waals surface area contributed by atoms with Crippen LogP contribution >= 0.6 is 22.9 Å². The maximum Gasteiger partial charge on any atom is 0.0881 e. The Morgan fingerprint density at radius 1 is 1.44 bits per heavy atom. The third-order valence-electron chi connectivity index (χ3n) is 3.95. The number of rotatable bonds is 5. The second-order valence-corrected chi connectivity index (χ2v) is 6.31. The van der Waals surface area contributed by atoms with E-state index in [0.29, 0.717) is 0 Å². The predicted octanol–water partition coefficient (Wildman–Crippen LogP) is 4.40. The zero-order valence-corrected chi connectivity index (χ0v) is 12.7. The SMILES string of the molecule is CCNC(c1sccc1Cl)C1(OC)CCCCC1. The number of thiophene rings is 1. The van der Waals surface area contributed by atoms with Gasteiger partial charge in [-0.3, -0.25) is 0 Å². The van der Waals surface area contributed by atoms with E-state index in [1.165, 1.54) is 24.1 Å². The summed E-state index contributed by atoms with van der Waals surface area (Å²) in [6.07, 6.45) is 6.06. The summed E-state index contributed by atoms with van der Waals surface area (Å²) >= 11 is 8.05. The fourth-order valence-electron chi connectivity index (χ4n) is 2.99. The minimum absolute atomic E-state index is 0.0806. The van der Waals surface area contributed by atoms with Gasteiger partial charge in [-0.1, -0.05) is 37.8 Å². The van der Waals surface area contributed by atoms with Crippen molar-refractivity contribution < 1.29 is 4.74 Å². The summed E-state index contributed by atoms with van der Waals surface area (Å²) < 4.78 is 5.96. The van der Waals surface area contributed by atoms with Crippen molar-refractivity contribution in [3.63, 3.8) is 0 Å². The molecule has 1 aliphatic rings. The van der Waals surface area contributed by atoms with Crippen molar-refractivity contribution in [2.45, 2.75) is 50.7 Å². The van der Waals surface area contributed by atoms with Gasteiger partial charge >= 0.3 is 0 Å². The van der Waals surface area contributed by atoms with Gasteiger partial charge in [0.1, 0.15) is 0 Å². The maximum atomic E-state index is 6.32. The Morgan fingerprint density at radius 3 is 2.67 bits per heavy atom. The van der Waals surface area contributed by atoms with Crippen molar-refractivity contribution >= 4 is 22.9 Å². The molecule has 18 heavy (non-hydrogen) atoms. The average Bonchev–Trinajstić information content (AvgIpc) is 2.83. The first-order chi connectivity index (χ1) is 8.73. The van der Waals surface area contributed by atoms with E-state index in [2.05, 4.69) is 17.6 Å². The fraction of sp³-hybridized carbons (Fsp3) is 0.714. The molecular weight excluding hydrogens is 266 g/mol. The van der Waals surface area contributed by atoms with Gasteiger partial charge < -0.3 is 10.1 Å². The van der Waals surface area contributed by atoms with Crippen LogP contribution in [0.2, 0.25) is 5.02 Å². The monoisotopic (exact) mass is 287 g/mol. The second kappa shape index (κ2) is 6.38. The van der Waals surface area contributed by atoms with Gasteiger partial charge in [0.2, 0.25) is 0 Å². The highest BCUT2D eigenvalue weighted by molar-refractivity contribution is 7.10. The molecule has 1 unspecified atom stereocenters. The molecule has 1 aliphatic carbocycles. The van der Waals surface area contributed by atoms with Crippen LogP contribution in [0.15, 0.2) is 11.4 Å². The van der Waals surface area contributed by atoms with Crippen LogP contribution in [0.25, 0.3) is 0 Å². The van der Waals surface area contributed by atoms with Gasteiger partial charge in [-0.25, -0.2) is 0 Å². The number of nitrogens with one attached hydrogen (secondary N) is 1. The molecule has 0 bridgehead atoms. The molecule has 1 N–H and O–H groups in total. The standard InChI is InChI=1S/C14H22ClNOS/c1-3-16-13(12-11(15)7-10-18-12)14(17-2)8-5-4-6-9-14/h7,10,13,16H,3-6,8-9H2,1-2H3. The Labute approximate surface area is 119 Å². The zero-order chi connectivity index (χ0) is 13.0. The lowest BCUT2D eigenvalue weighted by Crippen LogP contribution is -2.46. The van der Waals surface area contributed by atoms with Crippen LogP contribution in [0.3, 0.4) is 0 Å². The normalized spacial score (nSPS) is 20.8. The number of methoxy groups -OCH3 is 1. The lowest BCUT2D eigenvalue weighted by atomic mass is 9.78. The molecule has 1 saturated carbocycles. The number of ether oxygens (including phenoxy) is 1. The van der Waals surface area contributed by atoms with Crippen LogP contribution in [0.1, 0.15) is 49.9 Å². The topological polar surface area (TPSA) is 21.3 Å². The molecule has 0 spiro atoms. The molecule has 1 fully saturated rings. The van der Waals surface area contributed by atoms with E-state index in [4.69, 9.17) is 16.3 Å². The molecule has 102 valence electrons. The Hall–Kier alpha value is -0.0900.